The number of aromatic nitrogens is 2. The molecule has 0 aliphatic rings. The minimum atomic E-state index is 0.623. The van der Waals surface area contributed by atoms with Gasteiger partial charge >= 0.3 is 0 Å². The molecule has 4 aromatic rings. The first-order chi connectivity index (χ1) is 13.7. The third-order valence-electron chi connectivity index (χ3n) is 4.64. The lowest BCUT2D eigenvalue weighted by atomic mass is 10.2. The van der Waals surface area contributed by atoms with Crippen LogP contribution in [-0.4, -0.2) is 16.2 Å². The number of fused-ring (bicyclic) bond motifs is 1. The van der Waals surface area contributed by atoms with Crippen molar-refractivity contribution in [3.05, 3.63) is 82.8 Å². The van der Waals surface area contributed by atoms with Crippen molar-refractivity contribution in [1.29, 1.82) is 0 Å². The zero-order valence-corrected chi connectivity index (χ0v) is 16.8. The van der Waals surface area contributed by atoms with Gasteiger partial charge in [0.1, 0.15) is 11.6 Å². The first-order valence-electron chi connectivity index (χ1n) is 9.31. The van der Waals surface area contributed by atoms with Gasteiger partial charge in [0, 0.05) is 12.1 Å². The third kappa shape index (κ3) is 4.01. The van der Waals surface area contributed by atoms with Crippen molar-refractivity contribution < 1.29 is 4.74 Å². The van der Waals surface area contributed by atoms with E-state index in [0.717, 1.165) is 47.6 Å². The number of ether oxygens (including phenoxy) is 1. The largest absolute Gasteiger partial charge is 0.492 e. The van der Waals surface area contributed by atoms with Gasteiger partial charge < -0.3 is 9.30 Å². The van der Waals surface area contributed by atoms with Crippen molar-refractivity contribution in [2.45, 2.75) is 19.4 Å². The quantitative estimate of drug-likeness (QED) is 0.310. The number of hydrogen-bond donors (Lipinski definition) is 0. The molecule has 0 saturated carbocycles. The minimum Gasteiger partial charge on any atom is -0.492 e. The fraction of sp³-hybridized carbons (Fsp3) is 0.174. The third-order valence-corrected chi connectivity index (χ3v) is 5.28. The Kier molecular flexibility index (Phi) is 5.84. The van der Waals surface area contributed by atoms with E-state index in [9.17, 15) is 0 Å². The summed E-state index contributed by atoms with van der Waals surface area (Å²) in [5, 5.41) is 1.35. The highest BCUT2D eigenvalue weighted by Gasteiger charge is 2.14. The lowest BCUT2D eigenvalue weighted by Crippen LogP contribution is -2.04. The second-order valence-corrected chi connectivity index (χ2v) is 7.36. The van der Waals surface area contributed by atoms with Gasteiger partial charge in [0.2, 0.25) is 0 Å². The number of nitrogens with zero attached hydrogens (tertiary/aromatic N) is 2. The second-order valence-electron chi connectivity index (χ2n) is 6.54. The first kappa shape index (κ1) is 18.9. The molecule has 0 N–H and O–H groups in total. The molecule has 0 saturated heterocycles. The van der Waals surface area contributed by atoms with E-state index in [-0.39, 0.29) is 0 Å². The average Bonchev–Trinajstić information content (AvgIpc) is 3.08. The number of para-hydroxylation sites is 3. The maximum absolute atomic E-state index is 6.44. The van der Waals surface area contributed by atoms with Gasteiger partial charge in [0.25, 0.3) is 0 Å². The Morgan fingerprint density at radius 3 is 2.32 bits per heavy atom. The van der Waals surface area contributed by atoms with Crippen LogP contribution in [0.15, 0.2) is 72.8 Å². The van der Waals surface area contributed by atoms with Gasteiger partial charge in [0.15, 0.2) is 0 Å². The molecular weight excluding hydrogens is 391 g/mol. The molecule has 0 fully saturated rings. The average molecular weight is 411 g/mol. The fourth-order valence-corrected chi connectivity index (χ4v) is 3.68. The van der Waals surface area contributed by atoms with E-state index < -0.39 is 0 Å². The van der Waals surface area contributed by atoms with Gasteiger partial charge in [-0.25, -0.2) is 4.98 Å². The van der Waals surface area contributed by atoms with Crippen LogP contribution < -0.4 is 4.74 Å². The molecule has 0 unspecified atom stereocenters. The molecule has 0 amide bonds. The van der Waals surface area contributed by atoms with Crippen molar-refractivity contribution in [2.75, 3.05) is 6.61 Å². The van der Waals surface area contributed by atoms with E-state index in [4.69, 9.17) is 32.9 Å². The summed E-state index contributed by atoms with van der Waals surface area (Å²) in [5.74, 6) is 1.63. The molecule has 0 radical (unpaired) electrons. The number of imidazole rings is 1. The summed E-state index contributed by atoms with van der Waals surface area (Å²) in [7, 11) is 0. The molecule has 0 spiro atoms. The molecule has 0 bridgehead atoms. The Balaban J connectivity index is 1.49. The Labute approximate surface area is 174 Å². The van der Waals surface area contributed by atoms with Crippen LogP contribution in [0.5, 0.6) is 5.75 Å². The van der Waals surface area contributed by atoms with Gasteiger partial charge in [-0.1, -0.05) is 59.6 Å². The zero-order valence-electron chi connectivity index (χ0n) is 15.3. The van der Waals surface area contributed by atoms with Crippen LogP contribution in [0.4, 0.5) is 0 Å². The second kappa shape index (κ2) is 8.68. The van der Waals surface area contributed by atoms with E-state index in [1.807, 2.05) is 66.7 Å². The van der Waals surface area contributed by atoms with E-state index in [1.54, 1.807) is 0 Å². The maximum Gasteiger partial charge on any atom is 0.142 e. The molecule has 4 rings (SSSR count). The number of hydrogen-bond acceptors (Lipinski definition) is 2. The Morgan fingerprint density at radius 1 is 0.786 bits per heavy atom. The highest BCUT2D eigenvalue weighted by molar-refractivity contribution is 6.33. The molecule has 3 aromatic carbocycles. The van der Waals surface area contributed by atoms with Crippen LogP contribution in [0.1, 0.15) is 12.8 Å². The van der Waals surface area contributed by atoms with Crippen LogP contribution >= 0.6 is 23.2 Å². The molecule has 28 heavy (non-hydrogen) atoms. The normalized spacial score (nSPS) is 11.1. The van der Waals surface area contributed by atoms with Crippen molar-refractivity contribution in [3.63, 3.8) is 0 Å². The van der Waals surface area contributed by atoms with Crippen LogP contribution in [0.25, 0.3) is 22.4 Å². The number of aryl methyl sites for hydroxylation is 1. The zero-order chi connectivity index (χ0) is 19.3. The van der Waals surface area contributed by atoms with Gasteiger partial charge in [-0.15, -0.1) is 0 Å². The minimum absolute atomic E-state index is 0.623. The van der Waals surface area contributed by atoms with Crippen molar-refractivity contribution >= 4 is 34.2 Å². The summed E-state index contributed by atoms with van der Waals surface area (Å²) in [6.45, 7) is 1.46. The molecule has 1 aromatic heterocycles. The predicted octanol–water partition coefficient (Wildman–Crippen LogP) is 6.87. The van der Waals surface area contributed by atoms with Gasteiger partial charge in [-0.3, -0.25) is 0 Å². The van der Waals surface area contributed by atoms with Crippen LogP contribution in [0.3, 0.4) is 0 Å². The summed E-state index contributed by atoms with van der Waals surface area (Å²) in [4.78, 5) is 4.83. The van der Waals surface area contributed by atoms with Gasteiger partial charge in [0.05, 0.1) is 27.7 Å². The topological polar surface area (TPSA) is 27.1 Å². The molecule has 3 nitrogen and oxygen atoms in total. The summed E-state index contributed by atoms with van der Waals surface area (Å²) in [6.07, 6.45) is 1.88. The number of rotatable bonds is 7. The monoisotopic (exact) mass is 410 g/mol. The van der Waals surface area contributed by atoms with Crippen LogP contribution in [0.2, 0.25) is 10.0 Å². The van der Waals surface area contributed by atoms with Crippen LogP contribution in [0, 0.1) is 0 Å². The number of halogens is 2. The summed E-state index contributed by atoms with van der Waals surface area (Å²) in [5.41, 5.74) is 3.04. The fourth-order valence-electron chi connectivity index (χ4n) is 3.27. The predicted molar refractivity (Wildman–Crippen MR) is 116 cm³/mol. The van der Waals surface area contributed by atoms with Gasteiger partial charge in [-0.05, 0) is 49.2 Å². The molecule has 0 aliphatic heterocycles. The van der Waals surface area contributed by atoms with Gasteiger partial charge in [-0.2, -0.15) is 0 Å². The number of unbranched alkanes of at least 4 members (excludes halogenated alkanes) is 1. The maximum atomic E-state index is 6.44. The van der Waals surface area contributed by atoms with E-state index in [0.29, 0.717) is 16.7 Å². The molecule has 0 atom stereocenters. The SMILES string of the molecule is Clc1ccccc1OCCCCn1c(-c2ccccc2Cl)nc2ccccc21. The highest BCUT2D eigenvalue weighted by atomic mass is 35.5. The molecular formula is C23H20Cl2N2O. The van der Waals surface area contributed by atoms with Crippen molar-refractivity contribution in [3.8, 4) is 17.1 Å². The summed E-state index contributed by atoms with van der Waals surface area (Å²) >= 11 is 12.6. The first-order valence-corrected chi connectivity index (χ1v) is 10.1. The molecule has 0 aliphatic carbocycles. The molecule has 5 heteroatoms. The van der Waals surface area contributed by atoms with E-state index in [2.05, 4.69) is 10.6 Å². The molecule has 1 heterocycles. The number of benzene rings is 3. The van der Waals surface area contributed by atoms with E-state index in [1.165, 1.54) is 0 Å². The molecule has 142 valence electrons. The van der Waals surface area contributed by atoms with Crippen molar-refractivity contribution in [1.82, 2.24) is 9.55 Å². The lowest BCUT2D eigenvalue weighted by molar-refractivity contribution is 0.304. The van der Waals surface area contributed by atoms with Crippen LogP contribution in [-0.2, 0) is 6.54 Å². The Morgan fingerprint density at radius 2 is 1.50 bits per heavy atom. The van der Waals surface area contributed by atoms with Crippen molar-refractivity contribution in [2.24, 2.45) is 0 Å². The summed E-state index contributed by atoms with van der Waals surface area (Å²) < 4.78 is 8.04. The lowest BCUT2D eigenvalue weighted by Gasteiger charge is -2.11. The van der Waals surface area contributed by atoms with E-state index >= 15 is 0 Å². The standard InChI is InChI=1S/C23H20Cl2N2O/c24-18-10-2-1-9-17(18)23-26-20-12-4-5-13-21(20)27(23)15-7-8-16-28-22-14-6-3-11-19(22)25/h1-6,9-14H,7-8,15-16H2. The Bertz CT molecular complexity index is 1090. The smallest absolute Gasteiger partial charge is 0.142 e. The summed E-state index contributed by atoms with van der Waals surface area (Å²) in [6, 6.07) is 23.6. The Hall–Kier alpha value is -2.49. The highest BCUT2D eigenvalue weighted by Crippen LogP contribution is 2.30.